The number of carboxylic acid groups (broad SMARTS) is 1. The van der Waals surface area contributed by atoms with E-state index in [1.807, 2.05) is 0 Å². The van der Waals surface area contributed by atoms with Crippen LogP contribution in [0.15, 0.2) is 18.2 Å². The van der Waals surface area contributed by atoms with E-state index in [1.165, 1.54) is 25.3 Å². The summed E-state index contributed by atoms with van der Waals surface area (Å²) in [5, 5.41) is 18.0. The van der Waals surface area contributed by atoms with Gasteiger partial charge < -0.3 is 19.7 Å². The molecule has 0 fully saturated rings. The second-order valence-corrected chi connectivity index (χ2v) is 2.51. The molecular weight excluding hydrogens is 188 g/mol. The lowest BCUT2D eigenvalue weighted by atomic mass is 10.2. The van der Waals surface area contributed by atoms with Crippen molar-refractivity contribution in [1.29, 1.82) is 0 Å². The van der Waals surface area contributed by atoms with Crippen LogP contribution in [0.4, 0.5) is 0 Å². The number of hydrogen-bond donors (Lipinski definition) is 2. The number of aromatic hydroxyl groups is 1. The van der Waals surface area contributed by atoms with Crippen molar-refractivity contribution in [1.82, 2.24) is 0 Å². The van der Waals surface area contributed by atoms with Crippen LogP contribution in [0.25, 0.3) is 0 Å². The zero-order valence-corrected chi connectivity index (χ0v) is 7.56. The minimum Gasteiger partial charge on any atom is -0.507 e. The third-order valence-electron chi connectivity index (χ3n) is 1.55. The predicted molar refractivity (Wildman–Crippen MR) is 47.6 cm³/mol. The van der Waals surface area contributed by atoms with E-state index < -0.39 is 5.97 Å². The molecule has 1 rings (SSSR count). The van der Waals surface area contributed by atoms with Gasteiger partial charge in [-0.1, -0.05) is 6.07 Å². The van der Waals surface area contributed by atoms with E-state index in [1.54, 1.807) is 0 Å². The fourth-order valence-electron chi connectivity index (χ4n) is 0.977. The van der Waals surface area contributed by atoms with Crippen LogP contribution in [0.5, 0.6) is 11.5 Å². The van der Waals surface area contributed by atoms with Gasteiger partial charge in [-0.15, -0.1) is 0 Å². The van der Waals surface area contributed by atoms with Gasteiger partial charge in [-0.2, -0.15) is 0 Å². The zero-order chi connectivity index (χ0) is 10.6. The average molecular weight is 198 g/mol. The normalized spacial score (nSPS) is 9.79. The Bertz CT molecular complexity index is 334. The number of carboxylic acids is 1. The van der Waals surface area contributed by atoms with Crippen molar-refractivity contribution in [3.05, 3.63) is 23.8 Å². The highest BCUT2D eigenvalue weighted by molar-refractivity contribution is 5.93. The number of hydrogen-bond acceptors (Lipinski definition) is 4. The molecule has 0 aliphatic carbocycles. The van der Waals surface area contributed by atoms with Crippen LogP contribution in [-0.2, 0) is 4.74 Å². The highest BCUT2D eigenvalue weighted by Gasteiger charge is 2.15. The van der Waals surface area contributed by atoms with E-state index in [0.29, 0.717) is 0 Å². The largest absolute Gasteiger partial charge is 0.507 e. The number of methoxy groups -OCH3 is 1. The lowest BCUT2D eigenvalue weighted by molar-refractivity contribution is 0.0481. The summed E-state index contributed by atoms with van der Waals surface area (Å²) in [6.07, 6.45) is 0. The highest BCUT2D eigenvalue weighted by Crippen LogP contribution is 2.27. The average Bonchev–Trinajstić information content (AvgIpc) is 2.14. The maximum absolute atomic E-state index is 10.7. The molecule has 0 atom stereocenters. The number of ether oxygens (including phenoxy) is 2. The smallest absolute Gasteiger partial charge is 0.343 e. The molecule has 2 N–H and O–H groups in total. The lowest BCUT2D eigenvalue weighted by Crippen LogP contribution is -2.05. The van der Waals surface area contributed by atoms with Gasteiger partial charge in [0, 0.05) is 7.11 Å². The van der Waals surface area contributed by atoms with E-state index >= 15 is 0 Å². The summed E-state index contributed by atoms with van der Waals surface area (Å²) in [5.74, 6) is -1.49. The van der Waals surface area contributed by atoms with Crippen molar-refractivity contribution < 1.29 is 24.5 Å². The molecule has 1 aromatic carbocycles. The molecule has 0 radical (unpaired) electrons. The maximum Gasteiger partial charge on any atom is 0.343 e. The molecule has 0 aromatic heterocycles. The van der Waals surface area contributed by atoms with Crippen molar-refractivity contribution in [2.75, 3.05) is 13.9 Å². The summed E-state index contributed by atoms with van der Waals surface area (Å²) < 4.78 is 9.59. The summed E-state index contributed by atoms with van der Waals surface area (Å²) in [7, 11) is 1.42. The van der Waals surface area contributed by atoms with Crippen LogP contribution in [0.3, 0.4) is 0 Å². The standard InChI is InChI=1S/C9H10O5/c1-13-5-14-7-4-2-3-6(10)8(7)9(11)12/h2-4,10H,5H2,1H3,(H,11,12). The van der Waals surface area contributed by atoms with Gasteiger partial charge in [0.1, 0.15) is 17.1 Å². The molecule has 0 aliphatic heterocycles. The Hall–Kier alpha value is -1.75. The summed E-state index contributed by atoms with van der Waals surface area (Å²) in [6, 6.07) is 4.22. The van der Waals surface area contributed by atoms with E-state index in [9.17, 15) is 9.90 Å². The van der Waals surface area contributed by atoms with Gasteiger partial charge in [0.25, 0.3) is 0 Å². The molecule has 0 saturated carbocycles. The Kier molecular flexibility index (Phi) is 3.30. The van der Waals surface area contributed by atoms with Gasteiger partial charge in [0.15, 0.2) is 6.79 Å². The molecule has 0 saturated heterocycles. The first-order chi connectivity index (χ1) is 6.66. The minimum atomic E-state index is -1.24. The Morgan fingerprint density at radius 3 is 2.79 bits per heavy atom. The number of carbonyl (C=O) groups is 1. The first-order valence-electron chi connectivity index (χ1n) is 3.84. The molecule has 0 bridgehead atoms. The molecule has 1 aromatic rings. The third-order valence-corrected chi connectivity index (χ3v) is 1.55. The summed E-state index contributed by atoms with van der Waals surface area (Å²) in [6.45, 7) is -0.0657. The molecule has 0 aliphatic rings. The van der Waals surface area contributed by atoms with Gasteiger partial charge in [-0.3, -0.25) is 0 Å². The lowest BCUT2D eigenvalue weighted by Gasteiger charge is -2.08. The van der Waals surface area contributed by atoms with Gasteiger partial charge in [0.2, 0.25) is 0 Å². The van der Waals surface area contributed by atoms with Crippen LogP contribution in [-0.4, -0.2) is 30.1 Å². The van der Waals surface area contributed by atoms with Crippen LogP contribution >= 0.6 is 0 Å². The second-order valence-electron chi connectivity index (χ2n) is 2.51. The quantitative estimate of drug-likeness (QED) is 0.708. The third kappa shape index (κ3) is 2.14. The van der Waals surface area contributed by atoms with E-state index in [2.05, 4.69) is 4.74 Å². The number of rotatable bonds is 4. The summed E-state index contributed by atoms with van der Waals surface area (Å²) in [4.78, 5) is 10.7. The SMILES string of the molecule is COCOc1cccc(O)c1C(=O)O. The highest BCUT2D eigenvalue weighted by atomic mass is 16.7. The molecule has 0 amide bonds. The number of aromatic carboxylic acids is 1. The predicted octanol–water partition coefficient (Wildman–Crippen LogP) is 1.07. The van der Waals surface area contributed by atoms with Crippen molar-refractivity contribution in [3.63, 3.8) is 0 Å². The molecule has 0 spiro atoms. The van der Waals surface area contributed by atoms with Gasteiger partial charge >= 0.3 is 5.97 Å². The van der Waals surface area contributed by atoms with E-state index in [0.717, 1.165) is 0 Å². The first-order valence-corrected chi connectivity index (χ1v) is 3.84. The first kappa shape index (κ1) is 10.3. The van der Waals surface area contributed by atoms with Crippen molar-refractivity contribution >= 4 is 5.97 Å². The van der Waals surface area contributed by atoms with Gasteiger partial charge in [0.05, 0.1) is 0 Å². The summed E-state index contributed by atoms with van der Waals surface area (Å²) in [5.41, 5.74) is -0.260. The van der Waals surface area contributed by atoms with Crippen molar-refractivity contribution in [2.45, 2.75) is 0 Å². The topological polar surface area (TPSA) is 76.0 Å². The molecular formula is C9H10O5. The van der Waals surface area contributed by atoms with Crippen LogP contribution < -0.4 is 4.74 Å². The molecule has 0 heterocycles. The Morgan fingerprint density at radius 2 is 2.21 bits per heavy atom. The number of phenols is 1. The number of benzene rings is 1. The van der Waals surface area contributed by atoms with Gasteiger partial charge in [-0.25, -0.2) is 4.79 Å². The fourth-order valence-corrected chi connectivity index (χ4v) is 0.977. The maximum atomic E-state index is 10.7. The molecule has 5 nitrogen and oxygen atoms in total. The van der Waals surface area contributed by atoms with E-state index in [4.69, 9.17) is 9.84 Å². The fraction of sp³-hybridized carbons (Fsp3) is 0.222. The Balaban J connectivity index is 3.02. The van der Waals surface area contributed by atoms with E-state index in [-0.39, 0.29) is 23.9 Å². The second kappa shape index (κ2) is 4.48. The van der Waals surface area contributed by atoms with Crippen molar-refractivity contribution in [2.24, 2.45) is 0 Å². The monoisotopic (exact) mass is 198 g/mol. The van der Waals surface area contributed by atoms with Crippen molar-refractivity contribution in [3.8, 4) is 11.5 Å². The van der Waals surface area contributed by atoms with Crippen LogP contribution in [0, 0.1) is 0 Å². The molecule has 76 valence electrons. The van der Waals surface area contributed by atoms with Gasteiger partial charge in [-0.05, 0) is 12.1 Å². The molecule has 14 heavy (non-hydrogen) atoms. The zero-order valence-electron chi connectivity index (χ0n) is 7.56. The Morgan fingerprint density at radius 1 is 1.50 bits per heavy atom. The summed E-state index contributed by atoms with van der Waals surface area (Å²) >= 11 is 0. The van der Waals surface area contributed by atoms with Crippen LogP contribution in [0.2, 0.25) is 0 Å². The minimum absolute atomic E-state index is 0.0657. The molecule has 5 heteroatoms. The Labute approximate surface area is 80.5 Å². The molecule has 0 unspecified atom stereocenters. The van der Waals surface area contributed by atoms with Crippen LogP contribution in [0.1, 0.15) is 10.4 Å².